The Kier molecular flexibility index (Phi) is 6.84. The molecule has 6 nitrogen and oxygen atoms in total. The number of carbonyl (C=O) groups is 1. The highest BCUT2D eigenvalue weighted by Crippen LogP contribution is 2.20. The van der Waals surface area contributed by atoms with E-state index in [2.05, 4.69) is 45.5 Å². The van der Waals surface area contributed by atoms with E-state index in [0.29, 0.717) is 11.4 Å². The molecule has 1 N–H and O–H groups in total. The number of rotatable bonds is 8. The zero-order valence-corrected chi connectivity index (χ0v) is 17.3. The van der Waals surface area contributed by atoms with E-state index in [4.69, 9.17) is 4.74 Å². The van der Waals surface area contributed by atoms with Crippen LogP contribution in [0.4, 0.5) is 0 Å². The fourth-order valence-electron chi connectivity index (χ4n) is 3.46. The Morgan fingerprint density at radius 2 is 1.90 bits per heavy atom. The Hall–Kier alpha value is -2.91. The quantitative estimate of drug-likeness (QED) is 0.747. The van der Waals surface area contributed by atoms with Crippen molar-refractivity contribution in [3.63, 3.8) is 0 Å². The first kappa shape index (κ1) is 20.8. The molecule has 1 aliphatic rings. The number of hydrogen-bond acceptors (Lipinski definition) is 5. The molecule has 29 heavy (non-hydrogen) atoms. The van der Waals surface area contributed by atoms with Gasteiger partial charge in [-0.25, -0.2) is 4.98 Å². The van der Waals surface area contributed by atoms with Gasteiger partial charge in [-0.2, -0.15) is 5.26 Å². The minimum Gasteiger partial charge on any atom is -0.474 e. The van der Waals surface area contributed by atoms with E-state index < -0.39 is 0 Å². The van der Waals surface area contributed by atoms with E-state index in [-0.39, 0.29) is 17.9 Å². The summed E-state index contributed by atoms with van der Waals surface area (Å²) >= 11 is 0. The smallest absolute Gasteiger partial charge is 0.231 e. The van der Waals surface area contributed by atoms with Gasteiger partial charge in [0.2, 0.25) is 11.8 Å². The molecule has 1 saturated heterocycles. The van der Waals surface area contributed by atoms with Gasteiger partial charge < -0.3 is 10.1 Å². The van der Waals surface area contributed by atoms with Gasteiger partial charge >= 0.3 is 0 Å². The third kappa shape index (κ3) is 5.55. The molecule has 0 atom stereocenters. The van der Waals surface area contributed by atoms with Crippen LogP contribution in [0.1, 0.15) is 36.1 Å². The lowest BCUT2D eigenvalue weighted by Crippen LogP contribution is -2.52. The Morgan fingerprint density at radius 3 is 2.52 bits per heavy atom. The molecule has 0 spiro atoms. The standard InChI is InChI=1S/C23H28N4O2/c1-16(2)29-23-20(11-24)10-19(12-26-23)9-6-17-4-7-18(8-5-17)13-27-14-21(15-27)22(28)25-3/h4-5,7-8,10,12,16,21H,6,9,13-15H2,1-3H3,(H,25,28). The minimum atomic E-state index is -0.00934. The van der Waals surface area contributed by atoms with Gasteiger partial charge in [0.05, 0.1) is 12.0 Å². The zero-order valence-electron chi connectivity index (χ0n) is 17.3. The highest BCUT2D eigenvalue weighted by Gasteiger charge is 2.31. The summed E-state index contributed by atoms with van der Waals surface area (Å²) in [6, 6.07) is 12.7. The molecule has 2 heterocycles. The second-order valence-electron chi connectivity index (χ2n) is 7.80. The van der Waals surface area contributed by atoms with Crippen LogP contribution in [-0.2, 0) is 24.2 Å². The Balaban J connectivity index is 1.50. The van der Waals surface area contributed by atoms with Crippen molar-refractivity contribution in [3.05, 3.63) is 58.8 Å². The molecule has 3 rings (SSSR count). The third-order valence-electron chi connectivity index (χ3n) is 5.08. The normalized spacial score (nSPS) is 14.3. The first-order chi connectivity index (χ1) is 14.0. The molecule has 6 heteroatoms. The maximum atomic E-state index is 11.6. The van der Waals surface area contributed by atoms with E-state index >= 15 is 0 Å². The summed E-state index contributed by atoms with van der Waals surface area (Å²) in [5.41, 5.74) is 4.02. The van der Waals surface area contributed by atoms with Crippen LogP contribution in [0.2, 0.25) is 0 Å². The summed E-state index contributed by atoms with van der Waals surface area (Å²) in [5, 5.41) is 12.0. The molecule has 1 aromatic carbocycles. The van der Waals surface area contributed by atoms with Gasteiger partial charge in [0.1, 0.15) is 11.6 Å². The molecule has 1 amide bonds. The molecule has 0 saturated carbocycles. The number of pyridine rings is 1. The fourth-order valence-corrected chi connectivity index (χ4v) is 3.46. The van der Waals surface area contributed by atoms with Crippen LogP contribution >= 0.6 is 0 Å². The summed E-state index contributed by atoms with van der Waals surface area (Å²) < 4.78 is 5.58. The predicted molar refractivity (Wildman–Crippen MR) is 111 cm³/mol. The van der Waals surface area contributed by atoms with Crippen LogP contribution < -0.4 is 10.1 Å². The van der Waals surface area contributed by atoms with Crippen molar-refractivity contribution in [2.75, 3.05) is 20.1 Å². The zero-order chi connectivity index (χ0) is 20.8. The van der Waals surface area contributed by atoms with Crippen molar-refractivity contribution in [3.8, 4) is 11.9 Å². The number of aryl methyl sites for hydroxylation is 2. The van der Waals surface area contributed by atoms with Gasteiger partial charge in [0.15, 0.2) is 0 Å². The molecule has 0 bridgehead atoms. The Bertz CT molecular complexity index is 881. The molecular formula is C23H28N4O2. The fraction of sp³-hybridized carbons (Fsp3) is 0.435. The van der Waals surface area contributed by atoms with Crippen LogP contribution in [0.25, 0.3) is 0 Å². The van der Waals surface area contributed by atoms with E-state index in [1.54, 1.807) is 13.2 Å². The summed E-state index contributed by atoms with van der Waals surface area (Å²) in [6.07, 6.45) is 3.49. The largest absolute Gasteiger partial charge is 0.474 e. The average molecular weight is 393 g/mol. The second-order valence-corrected chi connectivity index (χ2v) is 7.80. The van der Waals surface area contributed by atoms with E-state index in [1.807, 2.05) is 19.9 Å². The summed E-state index contributed by atoms with van der Waals surface area (Å²) in [5.74, 6) is 0.665. The van der Waals surface area contributed by atoms with Crippen LogP contribution in [0, 0.1) is 17.2 Å². The molecule has 0 radical (unpaired) electrons. The van der Waals surface area contributed by atoms with Crippen molar-refractivity contribution in [1.29, 1.82) is 5.26 Å². The Morgan fingerprint density at radius 1 is 1.24 bits per heavy atom. The predicted octanol–water partition coefficient (Wildman–Crippen LogP) is 2.70. The van der Waals surface area contributed by atoms with Crippen molar-refractivity contribution in [1.82, 2.24) is 15.2 Å². The van der Waals surface area contributed by atoms with Crippen molar-refractivity contribution >= 4 is 5.91 Å². The number of nitriles is 1. The van der Waals surface area contributed by atoms with Gasteiger partial charge in [-0.05, 0) is 49.4 Å². The van der Waals surface area contributed by atoms with Gasteiger partial charge in [-0.1, -0.05) is 24.3 Å². The number of ether oxygens (including phenoxy) is 1. The molecule has 1 aliphatic heterocycles. The molecule has 0 aliphatic carbocycles. The van der Waals surface area contributed by atoms with Crippen molar-refractivity contribution in [2.24, 2.45) is 5.92 Å². The first-order valence-electron chi connectivity index (χ1n) is 10.1. The highest BCUT2D eigenvalue weighted by atomic mass is 16.5. The number of carbonyl (C=O) groups excluding carboxylic acids is 1. The SMILES string of the molecule is CNC(=O)C1CN(Cc2ccc(CCc3cnc(OC(C)C)c(C#N)c3)cc2)C1. The van der Waals surface area contributed by atoms with Gasteiger partial charge in [0.25, 0.3) is 0 Å². The topological polar surface area (TPSA) is 78.2 Å². The average Bonchev–Trinajstić information content (AvgIpc) is 2.69. The first-order valence-corrected chi connectivity index (χ1v) is 10.1. The van der Waals surface area contributed by atoms with Crippen molar-refractivity contribution in [2.45, 2.75) is 39.3 Å². The maximum Gasteiger partial charge on any atom is 0.231 e. The Labute approximate surface area is 172 Å². The van der Waals surface area contributed by atoms with Crippen LogP contribution in [0.5, 0.6) is 5.88 Å². The van der Waals surface area contributed by atoms with Crippen LogP contribution in [-0.4, -0.2) is 42.0 Å². The number of nitrogens with one attached hydrogen (secondary N) is 1. The van der Waals surface area contributed by atoms with E-state index in [1.165, 1.54) is 11.1 Å². The lowest BCUT2D eigenvalue weighted by molar-refractivity contribution is -0.129. The number of hydrogen-bond donors (Lipinski definition) is 1. The summed E-state index contributed by atoms with van der Waals surface area (Å²) in [7, 11) is 1.69. The van der Waals surface area contributed by atoms with Gasteiger partial charge in [0, 0.05) is 32.9 Å². The molecule has 1 aromatic heterocycles. The minimum absolute atomic E-state index is 0.00934. The number of aromatic nitrogens is 1. The number of nitrogens with zero attached hydrogens (tertiary/aromatic N) is 3. The van der Waals surface area contributed by atoms with Gasteiger partial charge in [-0.15, -0.1) is 0 Å². The summed E-state index contributed by atoms with van der Waals surface area (Å²) in [6.45, 7) is 6.37. The maximum absolute atomic E-state index is 11.6. The summed E-state index contributed by atoms with van der Waals surface area (Å²) in [4.78, 5) is 18.2. The molecular weight excluding hydrogens is 364 g/mol. The number of amides is 1. The monoisotopic (exact) mass is 392 g/mol. The highest BCUT2D eigenvalue weighted by molar-refractivity contribution is 5.79. The van der Waals surface area contributed by atoms with Crippen LogP contribution in [0.15, 0.2) is 36.5 Å². The van der Waals surface area contributed by atoms with Gasteiger partial charge in [-0.3, -0.25) is 9.69 Å². The molecule has 0 unspecified atom stereocenters. The number of benzene rings is 1. The lowest BCUT2D eigenvalue weighted by Gasteiger charge is -2.38. The molecule has 152 valence electrons. The third-order valence-corrected chi connectivity index (χ3v) is 5.08. The van der Waals surface area contributed by atoms with E-state index in [9.17, 15) is 10.1 Å². The molecule has 2 aromatic rings. The number of likely N-dealkylation sites (tertiary alicyclic amines) is 1. The van der Waals surface area contributed by atoms with Crippen LogP contribution in [0.3, 0.4) is 0 Å². The molecule has 1 fully saturated rings. The second kappa shape index (κ2) is 9.53. The lowest BCUT2D eigenvalue weighted by atomic mass is 9.98. The van der Waals surface area contributed by atoms with Crippen molar-refractivity contribution < 1.29 is 9.53 Å². The van der Waals surface area contributed by atoms with E-state index in [0.717, 1.165) is 38.0 Å².